The third kappa shape index (κ3) is 3.55. The van der Waals surface area contributed by atoms with Gasteiger partial charge in [-0.1, -0.05) is 24.6 Å². The number of para-hydroxylation sites is 1. The Bertz CT molecular complexity index is 408. The number of benzene rings is 1. The van der Waals surface area contributed by atoms with Gasteiger partial charge in [-0.05, 0) is 38.4 Å². The Morgan fingerprint density at radius 2 is 2.16 bits per heavy atom. The number of carbonyl (C=O) groups is 1. The number of rotatable bonds is 4. The third-order valence-corrected chi connectivity index (χ3v) is 3.80. The van der Waals surface area contributed by atoms with Gasteiger partial charge in [-0.25, -0.2) is 0 Å². The molecule has 2 N–H and O–H groups in total. The van der Waals surface area contributed by atoms with E-state index in [1.54, 1.807) is 0 Å². The molecule has 2 rings (SSSR count). The monoisotopic (exact) mass is 262 g/mol. The summed E-state index contributed by atoms with van der Waals surface area (Å²) in [5.41, 5.74) is 0.817. The van der Waals surface area contributed by atoms with E-state index in [4.69, 9.17) is 0 Å². The molecule has 19 heavy (non-hydrogen) atoms. The number of aliphatic hydroxyl groups is 1. The number of amides is 1. The maximum Gasteiger partial charge on any atom is 0.241 e. The van der Waals surface area contributed by atoms with Gasteiger partial charge in [-0.15, -0.1) is 0 Å². The van der Waals surface area contributed by atoms with E-state index in [0.717, 1.165) is 31.5 Å². The van der Waals surface area contributed by atoms with E-state index in [1.807, 2.05) is 37.3 Å². The Morgan fingerprint density at radius 3 is 2.84 bits per heavy atom. The number of nitrogens with one attached hydrogen (secondary N) is 1. The second-order valence-corrected chi connectivity index (χ2v) is 5.10. The fraction of sp³-hybridized carbons (Fsp3) is 0.533. The highest BCUT2D eigenvalue weighted by Crippen LogP contribution is 2.20. The summed E-state index contributed by atoms with van der Waals surface area (Å²) in [7, 11) is 0. The van der Waals surface area contributed by atoms with E-state index in [9.17, 15) is 9.90 Å². The highest BCUT2D eigenvalue weighted by atomic mass is 16.3. The molecule has 1 aliphatic rings. The van der Waals surface area contributed by atoms with Crippen LogP contribution in [0.3, 0.4) is 0 Å². The van der Waals surface area contributed by atoms with E-state index in [0.29, 0.717) is 0 Å². The average Bonchev–Trinajstić information content (AvgIpc) is 2.47. The van der Waals surface area contributed by atoms with Gasteiger partial charge in [-0.3, -0.25) is 9.69 Å². The molecule has 1 heterocycles. The SMILES string of the molecule is CC(C(=O)Nc1ccccc1)N1CCCCC1CO. The summed E-state index contributed by atoms with van der Waals surface area (Å²) >= 11 is 0. The Kier molecular flexibility index (Phi) is 4.93. The summed E-state index contributed by atoms with van der Waals surface area (Å²) in [5.74, 6) is -0.00782. The molecule has 4 nitrogen and oxygen atoms in total. The van der Waals surface area contributed by atoms with Crippen LogP contribution < -0.4 is 5.32 Å². The molecule has 1 aromatic carbocycles. The summed E-state index contributed by atoms with van der Waals surface area (Å²) < 4.78 is 0. The van der Waals surface area contributed by atoms with E-state index in [-0.39, 0.29) is 24.6 Å². The first-order valence-corrected chi connectivity index (χ1v) is 6.95. The van der Waals surface area contributed by atoms with Gasteiger partial charge >= 0.3 is 0 Å². The van der Waals surface area contributed by atoms with Gasteiger partial charge in [0.2, 0.25) is 5.91 Å². The average molecular weight is 262 g/mol. The second-order valence-electron chi connectivity index (χ2n) is 5.10. The molecule has 0 aliphatic carbocycles. The quantitative estimate of drug-likeness (QED) is 0.871. The molecule has 0 bridgehead atoms. The standard InChI is InChI=1S/C15H22N2O2/c1-12(17-10-6-5-9-14(17)11-18)15(19)16-13-7-3-2-4-8-13/h2-4,7-8,12,14,18H,5-6,9-11H2,1H3,(H,16,19). The molecule has 2 unspecified atom stereocenters. The Hall–Kier alpha value is -1.39. The van der Waals surface area contributed by atoms with E-state index >= 15 is 0 Å². The van der Waals surface area contributed by atoms with Crippen molar-refractivity contribution in [2.24, 2.45) is 0 Å². The number of piperidine rings is 1. The third-order valence-electron chi connectivity index (χ3n) is 3.80. The predicted molar refractivity (Wildman–Crippen MR) is 76.0 cm³/mol. The van der Waals surface area contributed by atoms with Gasteiger partial charge in [0.05, 0.1) is 12.6 Å². The van der Waals surface area contributed by atoms with Crippen LogP contribution in [0.25, 0.3) is 0 Å². The number of carbonyl (C=O) groups excluding carboxylic acids is 1. The maximum absolute atomic E-state index is 12.2. The zero-order valence-corrected chi connectivity index (χ0v) is 11.4. The van der Waals surface area contributed by atoms with Gasteiger partial charge in [-0.2, -0.15) is 0 Å². The molecule has 0 saturated carbocycles. The number of likely N-dealkylation sites (tertiary alicyclic amines) is 1. The Morgan fingerprint density at radius 1 is 1.42 bits per heavy atom. The number of hydrogen-bond acceptors (Lipinski definition) is 3. The summed E-state index contributed by atoms with van der Waals surface area (Å²) in [6.07, 6.45) is 3.20. The van der Waals surface area contributed by atoms with Crippen molar-refractivity contribution in [1.29, 1.82) is 0 Å². The van der Waals surface area contributed by atoms with Gasteiger partial charge in [0.1, 0.15) is 0 Å². The lowest BCUT2D eigenvalue weighted by molar-refractivity contribution is -0.122. The Labute approximate surface area is 114 Å². The molecule has 1 fully saturated rings. The zero-order valence-electron chi connectivity index (χ0n) is 11.4. The van der Waals surface area contributed by atoms with Crippen LogP contribution in [0, 0.1) is 0 Å². The van der Waals surface area contributed by atoms with Crippen LogP contribution in [0.1, 0.15) is 26.2 Å². The lowest BCUT2D eigenvalue weighted by Gasteiger charge is -2.38. The van der Waals surface area contributed by atoms with Crippen molar-refractivity contribution < 1.29 is 9.90 Å². The van der Waals surface area contributed by atoms with Gasteiger partial charge in [0.15, 0.2) is 0 Å². The summed E-state index contributed by atoms with van der Waals surface area (Å²) in [5, 5.41) is 12.3. The summed E-state index contributed by atoms with van der Waals surface area (Å²) in [4.78, 5) is 14.4. The molecule has 1 aromatic rings. The van der Waals surface area contributed by atoms with Gasteiger partial charge in [0.25, 0.3) is 0 Å². The maximum atomic E-state index is 12.2. The molecule has 4 heteroatoms. The largest absolute Gasteiger partial charge is 0.395 e. The minimum absolute atomic E-state index is 0.00782. The lowest BCUT2D eigenvalue weighted by atomic mass is 10.0. The molecular formula is C15H22N2O2. The molecule has 1 aliphatic heterocycles. The first-order chi connectivity index (χ1) is 9.22. The van der Waals surface area contributed by atoms with Gasteiger partial charge in [0, 0.05) is 11.7 Å². The molecule has 2 atom stereocenters. The van der Waals surface area contributed by atoms with Crippen molar-refractivity contribution in [2.75, 3.05) is 18.5 Å². The van der Waals surface area contributed by atoms with Crippen molar-refractivity contribution in [3.63, 3.8) is 0 Å². The van der Waals surface area contributed by atoms with Crippen molar-refractivity contribution in [3.8, 4) is 0 Å². The summed E-state index contributed by atoms with van der Waals surface area (Å²) in [6, 6.07) is 9.39. The predicted octanol–water partition coefficient (Wildman–Crippen LogP) is 1.86. The normalized spacial score (nSPS) is 21.9. The topological polar surface area (TPSA) is 52.6 Å². The van der Waals surface area contributed by atoms with E-state index < -0.39 is 0 Å². The summed E-state index contributed by atoms with van der Waals surface area (Å²) in [6.45, 7) is 2.92. The number of hydrogen-bond donors (Lipinski definition) is 2. The molecule has 0 aromatic heterocycles. The minimum Gasteiger partial charge on any atom is -0.395 e. The fourth-order valence-corrected chi connectivity index (χ4v) is 2.65. The van der Waals surface area contributed by atoms with Crippen molar-refractivity contribution >= 4 is 11.6 Å². The number of anilines is 1. The van der Waals surface area contributed by atoms with Crippen LogP contribution in [0.15, 0.2) is 30.3 Å². The first kappa shape index (κ1) is 14.0. The highest BCUT2D eigenvalue weighted by molar-refractivity contribution is 5.94. The molecular weight excluding hydrogens is 240 g/mol. The van der Waals surface area contributed by atoms with Crippen molar-refractivity contribution in [2.45, 2.75) is 38.3 Å². The lowest BCUT2D eigenvalue weighted by Crippen LogP contribution is -2.51. The van der Waals surface area contributed by atoms with Crippen LogP contribution in [0.5, 0.6) is 0 Å². The van der Waals surface area contributed by atoms with Crippen LogP contribution >= 0.6 is 0 Å². The van der Waals surface area contributed by atoms with E-state index in [2.05, 4.69) is 10.2 Å². The molecule has 0 spiro atoms. The molecule has 104 valence electrons. The minimum atomic E-state index is -0.211. The highest BCUT2D eigenvalue weighted by Gasteiger charge is 2.29. The van der Waals surface area contributed by atoms with Crippen molar-refractivity contribution in [3.05, 3.63) is 30.3 Å². The van der Waals surface area contributed by atoms with Gasteiger partial charge < -0.3 is 10.4 Å². The van der Waals surface area contributed by atoms with Crippen LogP contribution in [-0.4, -0.2) is 41.1 Å². The second kappa shape index (κ2) is 6.68. The van der Waals surface area contributed by atoms with Crippen LogP contribution in [0.2, 0.25) is 0 Å². The molecule has 0 radical (unpaired) electrons. The number of aliphatic hydroxyl groups excluding tert-OH is 1. The first-order valence-electron chi connectivity index (χ1n) is 6.95. The van der Waals surface area contributed by atoms with Crippen LogP contribution in [-0.2, 0) is 4.79 Å². The van der Waals surface area contributed by atoms with Crippen molar-refractivity contribution in [1.82, 2.24) is 4.90 Å². The zero-order chi connectivity index (χ0) is 13.7. The van der Waals surface area contributed by atoms with Crippen LogP contribution in [0.4, 0.5) is 5.69 Å². The fourth-order valence-electron chi connectivity index (χ4n) is 2.65. The Balaban J connectivity index is 1.98. The van der Waals surface area contributed by atoms with E-state index in [1.165, 1.54) is 0 Å². The smallest absolute Gasteiger partial charge is 0.241 e. The number of nitrogens with zero attached hydrogens (tertiary/aromatic N) is 1. The molecule has 1 saturated heterocycles. The molecule has 1 amide bonds.